The summed E-state index contributed by atoms with van der Waals surface area (Å²) < 4.78 is 0. The van der Waals surface area contributed by atoms with Gasteiger partial charge >= 0.3 is 0 Å². The Morgan fingerprint density at radius 1 is 0.244 bits per heavy atom. The highest BCUT2D eigenvalue weighted by atomic mass is 15.1. The van der Waals surface area contributed by atoms with Crippen molar-refractivity contribution in [1.82, 2.24) is 0 Å². The molecule has 12 aromatic carbocycles. The Balaban J connectivity index is 0.733. The van der Waals surface area contributed by atoms with Crippen LogP contribution >= 0.6 is 0 Å². The zero-order valence-corrected chi connectivity index (χ0v) is 48.1. The van der Waals surface area contributed by atoms with Crippen molar-refractivity contribution in [3.63, 3.8) is 0 Å². The van der Waals surface area contributed by atoms with Gasteiger partial charge in [-0.3, -0.25) is 0 Å². The molecule has 0 bridgehead atoms. The number of benzene rings is 12. The van der Waals surface area contributed by atoms with Gasteiger partial charge in [0.25, 0.3) is 0 Å². The number of nitrogens with zero attached hydrogens (tertiary/aromatic N) is 2. The third kappa shape index (κ3) is 8.73. The zero-order chi connectivity index (χ0) is 56.0. The average molecular weight is 1060 g/mol. The van der Waals surface area contributed by atoms with E-state index in [0.29, 0.717) is 0 Å². The molecule has 0 saturated carbocycles. The smallest absolute Gasteiger partial charge is 0.0465 e. The van der Waals surface area contributed by atoms with Gasteiger partial charge in [0.15, 0.2) is 0 Å². The van der Waals surface area contributed by atoms with Gasteiger partial charge in [0, 0.05) is 45.0 Å². The molecule has 0 saturated heterocycles. The van der Waals surface area contributed by atoms with E-state index in [2.05, 4.69) is 320 Å². The van der Waals surface area contributed by atoms with Crippen molar-refractivity contribution < 1.29 is 0 Å². The summed E-state index contributed by atoms with van der Waals surface area (Å²) in [4.78, 5) is 4.80. The van der Waals surface area contributed by atoms with E-state index in [-0.39, 0.29) is 10.8 Å². The number of fused-ring (bicyclic) bond motifs is 12. The fourth-order valence-corrected chi connectivity index (χ4v) is 13.5. The summed E-state index contributed by atoms with van der Waals surface area (Å²) in [6.45, 7) is 18.2. The lowest BCUT2D eigenvalue weighted by Crippen LogP contribution is -2.16. The number of aryl methyl sites for hydroxylation is 4. The Kier molecular flexibility index (Phi) is 12.1. The maximum atomic E-state index is 2.42. The molecule has 0 atom stereocenters. The van der Waals surface area contributed by atoms with Gasteiger partial charge < -0.3 is 9.80 Å². The van der Waals surface area contributed by atoms with Gasteiger partial charge in [0.2, 0.25) is 0 Å². The van der Waals surface area contributed by atoms with Crippen molar-refractivity contribution in [2.45, 2.75) is 66.2 Å². The van der Waals surface area contributed by atoms with Crippen LogP contribution in [0.1, 0.15) is 94.5 Å². The molecular formula is C80H66N2. The highest BCUT2D eigenvalue weighted by Crippen LogP contribution is 2.53. The fraction of sp³-hybridized carbons (Fsp3) is 0.125. The monoisotopic (exact) mass is 1050 g/mol. The van der Waals surface area contributed by atoms with Crippen LogP contribution in [0.15, 0.2) is 231 Å². The highest BCUT2D eigenvalue weighted by molar-refractivity contribution is 6.26. The van der Waals surface area contributed by atoms with Crippen molar-refractivity contribution in [3.8, 4) is 22.3 Å². The normalized spacial score (nSPS) is 13.7. The Bertz CT molecular complexity index is 4230. The summed E-state index contributed by atoms with van der Waals surface area (Å²) >= 11 is 0. The van der Waals surface area contributed by atoms with Gasteiger partial charge in [0.1, 0.15) is 0 Å². The van der Waals surface area contributed by atoms with Gasteiger partial charge in [-0.15, -0.1) is 0 Å². The van der Waals surface area contributed by atoms with Gasteiger partial charge in [-0.25, -0.2) is 0 Å². The van der Waals surface area contributed by atoms with Crippen LogP contribution in [0.2, 0.25) is 0 Å². The number of hydrogen-bond donors (Lipinski definition) is 0. The lowest BCUT2D eigenvalue weighted by molar-refractivity contribution is 0.660. The molecule has 82 heavy (non-hydrogen) atoms. The Hall–Kier alpha value is -9.50. The van der Waals surface area contributed by atoms with Crippen molar-refractivity contribution >= 4 is 90.7 Å². The van der Waals surface area contributed by atoms with Crippen molar-refractivity contribution in [3.05, 3.63) is 297 Å². The standard InChI is InChI=1S/C80H66N2/c1-51-15-11-19-59(41-51)81(60-20-12-16-52(2)42-60)63-33-39-71-69-37-31-57(47-75(69)79(5,6)77(71)49-63)27-25-55-29-35-67-68-36-30-56(46-74(68)66-24-10-9-23-65(66)73(67)45-55)26-28-58-32-38-70-72-40-34-64(50-78(72)80(7,8)76(70)48-58)82(61-21-13-17-53(3)43-61)62-22-14-18-54(4)44-62/h9-50H,1-8H3/b27-25+,28-26+. The molecular weight excluding hydrogens is 989 g/mol. The van der Waals surface area contributed by atoms with E-state index in [4.69, 9.17) is 0 Å². The van der Waals surface area contributed by atoms with E-state index in [0.717, 1.165) is 22.7 Å². The van der Waals surface area contributed by atoms with Crippen LogP contribution in [-0.4, -0.2) is 0 Å². The fourth-order valence-electron chi connectivity index (χ4n) is 13.5. The van der Waals surface area contributed by atoms with Crippen LogP contribution in [0.3, 0.4) is 0 Å². The summed E-state index contributed by atoms with van der Waals surface area (Å²) in [5.74, 6) is 0. The van der Waals surface area contributed by atoms with E-state index in [1.54, 1.807) is 0 Å². The third-order valence-electron chi connectivity index (χ3n) is 17.7. The first-order valence-corrected chi connectivity index (χ1v) is 29.0. The minimum atomic E-state index is -0.180. The molecule has 0 aliphatic heterocycles. The molecule has 0 unspecified atom stereocenters. The predicted octanol–water partition coefficient (Wildman–Crippen LogP) is 22.3. The van der Waals surface area contributed by atoms with Crippen LogP contribution in [0, 0.1) is 27.7 Å². The van der Waals surface area contributed by atoms with Crippen LogP contribution in [0.4, 0.5) is 34.1 Å². The van der Waals surface area contributed by atoms with Crippen molar-refractivity contribution in [2.75, 3.05) is 9.80 Å². The highest BCUT2D eigenvalue weighted by Gasteiger charge is 2.38. The molecule has 0 aromatic heterocycles. The van der Waals surface area contributed by atoms with E-state index in [1.165, 1.54) is 133 Å². The second-order valence-corrected chi connectivity index (χ2v) is 24.2. The van der Waals surface area contributed by atoms with Gasteiger partial charge in [0.05, 0.1) is 0 Å². The van der Waals surface area contributed by atoms with Gasteiger partial charge in [-0.05, 0) is 234 Å². The maximum Gasteiger partial charge on any atom is 0.0465 e. The van der Waals surface area contributed by atoms with E-state index < -0.39 is 0 Å². The van der Waals surface area contributed by atoms with Crippen LogP contribution in [0.25, 0.3) is 78.9 Å². The van der Waals surface area contributed by atoms with E-state index >= 15 is 0 Å². The molecule has 14 rings (SSSR count). The first-order valence-electron chi connectivity index (χ1n) is 29.0. The SMILES string of the molecule is Cc1cccc(N(c2cccc(C)c2)c2ccc3c(c2)C(C)(C)c2cc(/C=C/c4ccc5c6ccc(/C=C/c7ccc8c(c7)C(C)(C)c7cc(N(c9cccc(C)c9)c9cccc(C)c9)ccc7-8)cc6c6ccccc6c5c4)ccc2-3)c1. The topological polar surface area (TPSA) is 6.48 Å². The molecule has 0 amide bonds. The quantitative estimate of drug-likeness (QED) is 0.0995. The molecule has 2 nitrogen and oxygen atoms in total. The molecule has 0 spiro atoms. The minimum Gasteiger partial charge on any atom is -0.310 e. The number of anilines is 6. The maximum absolute atomic E-state index is 2.42. The lowest BCUT2D eigenvalue weighted by Gasteiger charge is -2.28. The second-order valence-electron chi connectivity index (χ2n) is 24.2. The molecule has 2 heteroatoms. The lowest BCUT2D eigenvalue weighted by atomic mass is 9.81. The van der Waals surface area contributed by atoms with E-state index in [9.17, 15) is 0 Å². The molecule has 0 heterocycles. The molecule has 2 aliphatic carbocycles. The van der Waals surface area contributed by atoms with Crippen LogP contribution < -0.4 is 9.80 Å². The zero-order valence-electron chi connectivity index (χ0n) is 48.1. The average Bonchev–Trinajstić information content (AvgIpc) is 3.12. The first kappa shape index (κ1) is 50.7. The summed E-state index contributed by atoms with van der Waals surface area (Å²) in [6, 6.07) is 86.3. The van der Waals surface area contributed by atoms with Gasteiger partial charge in [-0.2, -0.15) is 0 Å². The molecule has 396 valence electrons. The minimum absolute atomic E-state index is 0.180. The Morgan fingerprint density at radius 3 is 0.866 bits per heavy atom. The number of hydrogen-bond acceptors (Lipinski definition) is 2. The summed E-state index contributed by atoms with van der Waals surface area (Å²) in [5, 5.41) is 7.62. The van der Waals surface area contributed by atoms with E-state index in [1.807, 2.05) is 0 Å². The van der Waals surface area contributed by atoms with Crippen molar-refractivity contribution in [1.29, 1.82) is 0 Å². The van der Waals surface area contributed by atoms with Crippen LogP contribution in [0.5, 0.6) is 0 Å². The van der Waals surface area contributed by atoms with Crippen LogP contribution in [-0.2, 0) is 10.8 Å². The van der Waals surface area contributed by atoms with Crippen molar-refractivity contribution in [2.24, 2.45) is 0 Å². The molecule has 2 aliphatic rings. The third-order valence-corrected chi connectivity index (χ3v) is 17.7. The first-order chi connectivity index (χ1) is 39.7. The molecule has 12 aromatic rings. The van der Waals surface area contributed by atoms with Gasteiger partial charge in [-0.1, -0.05) is 198 Å². The molecule has 0 radical (unpaired) electrons. The Labute approximate surface area is 483 Å². The largest absolute Gasteiger partial charge is 0.310 e. The molecule has 0 fully saturated rings. The summed E-state index contributed by atoms with van der Waals surface area (Å²) in [7, 11) is 0. The number of rotatable bonds is 10. The molecule has 0 N–H and O–H groups in total. The summed E-state index contributed by atoms with van der Waals surface area (Å²) in [5.41, 5.74) is 27.1. The second kappa shape index (κ2) is 19.6. The predicted molar refractivity (Wildman–Crippen MR) is 353 cm³/mol. The summed E-state index contributed by atoms with van der Waals surface area (Å²) in [6.07, 6.45) is 9.14. The Morgan fingerprint density at radius 2 is 0.524 bits per heavy atom.